The SMILES string of the molecule is CC(C)OC(=O)CCNC(=O)c1ccc(-n2cncn2)cc1. The van der Waals surface area contributed by atoms with E-state index in [4.69, 9.17) is 4.74 Å². The van der Waals surface area contributed by atoms with E-state index < -0.39 is 0 Å². The molecule has 2 rings (SSSR count). The summed E-state index contributed by atoms with van der Waals surface area (Å²) in [6.45, 7) is 3.82. The number of carbonyl (C=O) groups excluding carboxylic acids is 2. The molecule has 0 bridgehead atoms. The van der Waals surface area contributed by atoms with E-state index in [-0.39, 0.29) is 30.9 Å². The van der Waals surface area contributed by atoms with E-state index in [1.165, 1.54) is 6.33 Å². The van der Waals surface area contributed by atoms with Crippen LogP contribution in [0.15, 0.2) is 36.9 Å². The van der Waals surface area contributed by atoms with Gasteiger partial charge >= 0.3 is 5.97 Å². The molecule has 1 aromatic heterocycles. The van der Waals surface area contributed by atoms with Gasteiger partial charge in [-0.1, -0.05) is 0 Å². The number of ether oxygens (including phenoxy) is 1. The monoisotopic (exact) mass is 302 g/mol. The van der Waals surface area contributed by atoms with Crippen LogP contribution in [-0.4, -0.2) is 39.3 Å². The molecule has 0 saturated heterocycles. The van der Waals surface area contributed by atoms with Gasteiger partial charge in [0.05, 0.1) is 18.2 Å². The molecule has 0 saturated carbocycles. The second-order valence-corrected chi connectivity index (χ2v) is 4.93. The molecule has 0 atom stereocenters. The number of aromatic nitrogens is 3. The third-order valence-corrected chi connectivity index (χ3v) is 2.79. The Hall–Kier alpha value is -2.70. The van der Waals surface area contributed by atoms with Crippen molar-refractivity contribution in [3.63, 3.8) is 0 Å². The summed E-state index contributed by atoms with van der Waals surface area (Å²) >= 11 is 0. The molecule has 1 amide bonds. The molecular formula is C15H18N4O3. The third kappa shape index (κ3) is 4.41. The molecule has 116 valence electrons. The number of carbonyl (C=O) groups is 2. The van der Waals surface area contributed by atoms with Crippen LogP contribution in [0.2, 0.25) is 0 Å². The molecule has 7 heteroatoms. The van der Waals surface area contributed by atoms with Gasteiger partial charge in [-0.2, -0.15) is 5.10 Å². The lowest BCUT2D eigenvalue weighted by atomic mass is 10.2. The van der Waals surface area contributed by atoms with Gasteiger partial charge in [-0.3, -0.25) is 9.59 Å². The fourth-order valence-electron chi connectivity index (χ4n) is 1.81. The molecule has 1 aromatic carbocycles. The maximum Gasteiger partial charge on any atom is 0.307 e. The maximum atomic E-state index is 11.9. The number of nitrogens with zero attached hydrogens (tertiary/aromatic N) is 3. The first-order chi connectivity index (χ1) is 10.6. The average Bonchev–Trinajstić information content (AvgIpc) is 3.00. The minimum atomic E-state index is -0.322. The van der Waals surface area contributed by atoms with Crippen molar-refractivity contribution in [1.29, 1.82) is 0 Å². The van der Waals surface area contributed by atoms with E-state index >= 15 is 0 Å². The van der Waals surface area contributed by atoms with E-state index in [1.807, 2.05) is 0 Å². The van der Waals surface area contributed by atoms with Crippen molar-refractivity contribution in [2.24, 2.45) is 0 Å². The number of benzene rings is 1. The third-order valence-electron chi connectivity index (χ3n) is 2.79. The molecule has 0 aliphatic heterocycles. The van der Waals surface area contributed by atoms with Gasteiger partial charge in [0.1, 0.15) is 12.7 Å². The second kappa shape index (κ2) is 7.35. The van der Waals surface area contributed by atoms with Crippen molar-refractivity contribution in [1.82, 2.24) is 20.1 Å². The zero-order valence-electron chi connectivity index (χ0n) is 12.5. The van der Waals surface area contributed by atoms with Crippen LogP contribution < -0.4 is 5.32 Å². The van der Waals surface area contributed by atoms with Gasteiger partial charge in [-0.25, -0.2) is 9.67 Å². The Balaban J connectivity index is 1.84. The number of nitrogens with one attached hydrogen (secondary N) is 1. The first-order valence-corrected chi connectivity index (χ1v) is 6.99. The van der Waals surface area contributed by atoms with E-state index in [9.17, 15) is 9.59 Å². The van der Waals surface area contributed by atoms with Crippen molar-refractivity contribution in [3.05, 3.63) is 42.5 Å². The van der Waals surface area contributed by atoms with Crippen molar-refractivity contribution in [3.8, 4) is 5.69 Å². The molecule has 0 unspecified atom stereocenters. The molecule has 22 heavy (non-hydrogen) atoms. The molecule has 0 radical (unpaired) electrons. The van der Waals surface area contributed by atoms with Crippen LogP contribution >= 0.6 is 0 Å². The highest BCUT2D eigenvalue weighted by molar-refractivity contribution is 5.94. The smallest absolute Gasteiger partial charge is 0.307 e. The van der Waals surface area contributed by atoms with Crippen LogP contribution in [0.1, 0.15) is 30.6 Å². The minimum Gasteiger partial charge on any atom is -0.463 e. The van der Waals surface area contributed by atoms with Crippen molar-refractivity contribution >= 4 is 11.9 Å². The summed E-state index contributed by atoms with van der Waals surface area (Å²) in [5.41, 5.74) is 1.33. The summed E-state index contributed by atoms with van der Waals surface area (Å²) in [4.78, 5) is 27.2. The average molecular weight is 302 g/mol. The minimum absolute atomic E-state index is 0.146. The van der Waals surface area contributed by atoms with Gasteiger partial charge in [0.2, 0.25) is 0 Å². The molecule has 0 aliphatic carbocycles. The zero-order valence-corrected chi connectivity index (χ0v) is 12.5. The molecule has 1 N–H and O–H groups in total. The number of amides is 1. The highest BCUT2D eigenvalue weighted by Gasteiger charge is 2.09. The summed E-state index contributed by atoms with van der Waals surface area (Å²) in [5.74, 6) is -0.556. The van der Waals surface area contributed by atoms with Gasteiger partial charge in [0, 0.05) is 12.1 Å². The Morgan fingerprint density at radius 2 is 2.00 bits per heavy atom. The highest BCUT2D eigenvalue weighted by Crippen LogP contribution is 2.08. The second-order valence-electron chi connectivity index (χ2n) is 4.93. The summed E-state index contributed by atoms with van der Waals surface area (Å²) in [6.07, 6.45) is 3.03. The van der Waals surface area contributed by atoms with Crippen LogP contribution in [0.4, 0.5) is 0 Å². The summed E-state index contributed by atoms with van der Waals surface area (Å²) in [7, 11) is 0. The zero-order chi connectivity index (χ0) is 15.9. The molecule has 0 fully saturated rings. The highest BCUT2D eigenvalue weighted by atomic mass is 16.5. The van der Waals surface area contributed by atoms with Crippen LogP contribution in [0, 0.1) is 0 Å². The molecule has 7 nitrogen and oxygen atoms in total. The van der Waals surface area contributed by atoms with Gasteiger partial charge < -0.3 is 10.1 Å². The fourth-order valence-corrected chi connectivity index (χ4v) is 1.81. The normalized spacial score (nSPS) is 10.5. The van der Waals surface area contributed by atoms with Crippen LogP contribution in [0.5, 0.6) is 0 Å². The largest absolute Gasteiger partial charge is 0.463 e. The van der Waals surface area contributed by atoms with Crippen molar-refractivity contribution in [2.75, 3.05) is 6.54 Å². The standard InChI is InChI=1S/C15H18N4O3/c1-11(2)22-14(20)7-8-17-15(21)12-3-5-13(6-4-12)19-10-16-9-18-19/h3-6,9-11H,7-8H2,1-2H3,(H,17,21). The van der Waals surface area contributed by atoms with Gasteiger partial charge in [0.15, 0.2) is 0 Å². The van der Waals surface area contributed by atoms with Crippen molar-refractivity contribution in [2.45, 2.75) is 26.4 Å². The lowest BCUT2D eigenvalue weighted by molar-refractivity contribution is -0.147. The van der Waals surface area contributed by atoms with Crippen LogP contribution in [0.3, 0.4) is 0 Å². The van der Waals surface area contributed by atoms with E-state index in [0.717, 1.165) is 5.69 Å². The van der Waals surface area contributed by atoms with Gasteiger partial charge in [0.25, 0.3) is 5.91 Å². The Morgan fingerprint density at radius 3 is 2.59 bits per heavy atom. The predicted molar refractivity (Wildman–Crippen MR) is 79.5 cm³/mol. The molecule has 0 aliphatic rings. The summed E-state index contributed by atoms with van der Waals surface area (Å²) < 4.78 is 6.59. The fraction of sp³-hybridized carbons (Fsp3) is 0.333. The molecule has 1 heterocycles. The topological polar surface area (TPSA) is 86.1 Å². The van der Waals surface area contributed by atoms with E-state index in [1.54, 1.807) is 49.1 Å². The van der Waals surface area contributed by atoms with E-state index in [0.29, 0.717) is 5.56 Å². The first-order valence-electron chi connectivity index (χ1n) is 6.99. The van der Waals surface area contributed by atoms with Crippen LogP contribution in [-0.2, 0) is 9.53 Å². The Morgan fingerprint density at radius 1 is 1.27 bits per heavy atom. The molecule has 0 spiro atoms. The number of esters is 1. The Labute approximate surface area is 128 Å². The Kier molecular flexibility index (Phi) is 5.24. The quantitative estimate of drug-likeness (QED) is 0.814. The van der Waals surface area contributed by atoms with Gasteiger partial charge in [-0.15, -0.1) is 0 Å². The van der Waals surface area contributed by atoms with Gasteiger partial charge in [-0.05, 0) is 38.1 Å². The summed E-state index contributed by atoms with van der Waals surface area (Å²) in [6, 6.07) is 6.94. The number of hydrogen-bond donors (Lipinski definition) is 1. The molecular weight excluding hydrogens is 284 g/mol. The van der Waals surface area contributed by atoms with Crippen LogP contribution in [0.25, 0.3) is 5.69 Å². The lowest BCUT2D eigenvalue weighted by Crippen LogP contribution is -2.27. The van der Waals surface area contributed by atoms with Crippen molar-refractivity contribution < 1.29 is 14.3 Å². The number of rotatable bonds is 6. The maximum absolute atomic E-state index is 11.9. The molecule has 2 aromatic rings. The summed E-state index contributed by atoms with van der Waals surface area (Å²) in [5, 5.41) is 6.69. The predicted octanol–water partition coefficient (Wildman–Crippen LogP) is 1.34. The lowest BCUT2D eigenvalue weighted by Gasteiger charge is -2.09. The van der Waals surface area contributed by atoms with E-state index in [2.05, 4.69) is 15.4 Å². The number of hydrogen-bond acceptors (Lipinski definition) is 5. The first kappa shape index (κ1) is 15.7. The Bertz CT molecular complexity index is 621.